The molecule has 2 unspecified atom stereocenters. The van der Waals surface area contributed by atoms with Gasteiger partial charge in [0.25, 0.3) is 0 Å². The van der Waals surface area contributed by atoms with Gasteiger partial charge in [0.15, 0.2) is 0 Å². The molecule has 0 bridgehead atoms. The van der Waals surface area contributed by atoms with E-state index in [1.165, 1.54) is 12.8 Å². The Labute approximate surface area is 95.8 Å². The van der Waals surface area contributed by atoms with Crippen LogP contribution in [0.3, 0.4) is 0 Å². The van der Waals surface area contributed by atoms with Crippen molar-refractivity contribution in [2.45, 2.75) is 59.5 Å². The van der Waals surface area contributed by atoms with E-state index in [2.05, 4.69) is 39.9 Å². The molecule has 0 saturated carbocycles. The van der Waals surface area contributed by atoms with E-state index in [0.29, 0.717) is 5.92 Å². The van der Waals surface area contributed by atoms with Crippen LogP contribution in [0.2, 0.25) is 0 Å². The summed E-state index contributed by atoms with van der Waals surface area (Å²) < 4.78 is 6.03. The maximum absolute atomic E-state index is 6.03. The summed E-state index contributed by atoms with van der Waals surface area (Å²) >= 11 is 0. The van der Waals surface area contributed by atoms with Crippen LogP contribution in [0.25, 0.3) is 0 Å². The second-order valence-electron chi connectivity index (χ2n) is 4.79. The Morgan fingerprint density at radius 3 is 2.40 bits per heavy atom. The minimum absolute atomic E-state index is 0.0119. The van der Waals surface area contributed by atoms with Crippen molar-refractivity contribution in [2.75, 3.05) is 19.7 Å². The van der Waals surface area contributed by atoms with Crippen LogP contribution in [-0.4, -0.2) is 25.3 Å². The fourth-order valence-electron chi connectivity index (χ4n) is 1.59. The van der Waals surface area contributed by atoms with Gasteiger partial charge < -0.3 is 10.1 Å². The average molecular weight is 215 g/mol. The Morgan fingerprint density at radius 2 is 1.93 bits per heavy atom. The van der Waals surface area contributed by atoms with E-state index >= 15 is 0 Å². The molecule has 1 N–H and O–H groups in total. The highest BCUT2D eigenvalue weighted by molar-refractivity contribution is 4.76. The zero-order valence-corrected chi connectivity index (χ0v) is 11.2. The van der Waals surface area contributed by atoms with Gasteiger partial charge in [-0.25, -0.2) is 0 Å². The fraction of sp³-hybridized carbons (Fsp3) is 1.00. The second kappa shape index (κ2) is 8.12. The van der Waals surface area contributed by atoms with Crippen molar-refractivity contribution < 1.29 is 4.74 Å². The summed E-state index contributed by atoms with van der Waals surface area (Å²) in [7, 11) is 0. The van der Waals surface area contributed by atoms with Crippen molar-refractivity contribution >= 4 is 0 Å². The fourth-order valence-corrected chi connectivity index (χ4v) is 1.59. The molecule has 0 saturated heterocycles. The maximum Gasteiger partial charge on any atom is 0.0775 e. The summed E-state index contributed by atoms with van der Waals surface area (Å²) in [6, 6.07) is 0. The predicted octanol–water partition coefficient (Wildman–Crippen LogP) is 3.22. The quantitative estimate of drug-likeness (QED) is 0.637. The van der Waals surface area contributed by atoms with Crippen LogP contribution in [0.4, 0.5) is 0 Å². The summed E-state index contributed by atoms with van der Waals surface area (Å²) in [5.74, 6) is 0.683. The first-order chi connectivity index (χ1) is 7.08. The molecule has 92 valence electrons. The second-order valence-corrected chi connectivity index (χ2v) is 4.79. The van der Waals surface area contributed by atoms with E-state index in [9.17, 15) is 0 Å². The Hall–Kier alpha value is -0.0800. The molecule has 0 aliphatic rings. The van der Waals surface area contributed by atoms with Crippen LogP contribution in [0.15, 0.2) is 0 Å². The van der Waals surface area contributed by atoms with Crippen molar-refractivity contribution in [2.24, 2.45) is 5.92 Å². The van der Waals surface area contributed by atoms with Crippen LogP contribution in [-0.2, 0) is 4.74 Å². The van der Waals surface area contributed by atoms with Gasteiger partial charge in [-0.2, -0.15) is 0 Å². The highest BCUT2D eigenvalue weighted by Gasteiger charge is 2.22. The van der Waals surface area contributed by atoms with E-state index in [0.717, 1.165) is 26.1 Å². The van der Waals surface area contributed by atoms with Crippen molar-refractivity contribution in [3.8, 4) is 0 Å². The van der Waals surface area contributed by atoms with Crippen molar-refractivity contribution in [3.05, 3.63) is 0 Å². The molecular formula is C13H29NO. The molecule has 2 nitrogen and oxygen atoms in total. The van der Waals surface area contributed by atoms with Crippen LogP contribution < -0.4 is 5.32 Å². The van der Waals surface area contributed by atoms with E-state index < -0.39 is 0 Å². The summed E-state index contributed by atoms with van der Waals surface area (Å²) in [4.78, 5) is 0. The minimum atomic E-state index is 0.0119. The first-order valence-corrected chi connectivity index (χ1v) is 6.42. The zero-order valence-electron chi connectivity index (χ0n) is 11.2. The molecule has 0 aromatic carbocycles. The molecule has 0 aliphatic carbocycles. The summed E-state index contributed by atoms with van der Waals surface area (Å²) in [6.45, 7) is 13.9. The summed E-state index contributed by atoms with van der Waals surface area (Å²) in [5.41, 5.74) is 0.0119. The number of nitrogens with one attached hydrogen (secondary N) is 1. The number of hydrogen-bond donors (Lipinski definition) is 1. The Bertz CT molecular complexity index is 149. The normalized spacial score (nSPS) is 17.4. The average Bonchev–Trinajstić information content (AvgIpc) is 2.24. The highest BCUT2D eigenvalue weighted by Crippen LogP contribution is 2.17. The lowest BCUT2D eigenvalue weighted by Crippen LogP contribution is -2.40. The Morgan fingerprint density at radius 1 is 1.27 bits per heavy atom. The predicted molar refractivity (Wildman–Crippen MR) is 67.3 cm³/mol. The number of likely N-dealkylation sites (N-methyl/N-ethyl adjacent to an activating group) is 1. The molecule has 0 radical (unpaired) electrons. The standard InChI is InChI=1S/C13H29NO/c1-6-9-12(4)10-15-13(5,7-2)11-14-8-3/h12,14H,6-11H2,1-5H3. The Balaban J connectivity index is 3.85. The van der Waals surface area contributed by atoms with Gasteiger partial charge in [0, 0.05) is 13.2 Å². The molecule has 15 heavy (non-hydrogen) atoms. The highest BCUT2D eigenvalue weighted by atomic mass is 16.5. The van der Waals surface area contributed by atoms with Crippen molar-refractivity contribution in [3.63, 3.8) is 0 Å². The first-order valence-electron chi connectivity index (χ1n) is 6.42. The van der Waals surface area contributed by atoms with Gasteiger partial charge in [0.2, 0.25) is 0 Å². The third kappa shape index (κ3) is 6.91. The smallest absolute Gasteiger partial charge is 0.0775 e. The van der Waals surface area contributed by atoms with Gasteiger partial charge in [-0.3, -0.25) is 0 Å². The van der Waals surface area contributed by atoms with Crippen molar-refractivity contribution in [1.82, 2.24) is 5.32 Å². The van der Waals surface area contributed by atoms with Gasteiger partial charge in [0.1, 0.15) is 0 Å². The van der Waals surface area contributed by atoms with Gasteiger partial charge >= 0.3 is 0 Å². The van der Waals surface area contributed by atoms with Crippen LogP contribution in [0.5, 0.6) is 0 Å². The minimum Gasteiger partial charge on any atom is -0.374 e. The van der Waals surface area contributed by atoms with E-state index in [1.807, 2.05) is 0 Å². The third-order valence-electron chi connectivity index (χ3n) is 2.99. The van der Waals surface area contributed by atoms with Gasteiger partial charge in [-0.1, -0.05) is 34.1 Å². The molecule has 0 rings (SSSR count). The summed E-state index contributed by atoms with van der Waals surface area (Å²) in [5, 5.41) is 3.37. The lowest BCUT2D eigenvalue weighted by atomic mass is 10.0. The van der Waals surface area contributed by atoms with E-state index in [-0.39, 0.29) is 5.60 Å². The number of ether oxygens (including phenoxy) is 1. The molecule has 0 amide bonds. The molecule has 2 heteroatoms. The van der Waals surface area contributed by atoms with E-state index in [4.69, 9.17) is 4.74 Å². The van der Waals surface area contributed by atoms with Crippen LogP contribution >= 0.6 is 0 Å². The van der Waals surface area contributed by atoms with Gasteiger partial charge in [-0.15, -0.1) is 0 Å². The molecule has 0 aromatic heterocycles. The maximum atomic E-state index is 6.03. The SMILES string of the molecule is CCCC(C)COC(C)(CC)CNCC. The molecule has 0 fully saturated rings. The third-order valence-corrected chi connectivity index (χ3v) is 2.99. The number of hydrogen-bond acceptors (Lipinski definition) is 2. The lowest BCUT2D eigenvalue weighted by molar-refractivity contribution is -0.0478. The monoisotopic (exact) mass is 215 g/mol. The van der Waals surface area contributed by atoms with Crippen LogP contribution in [0.1, 0.15) is 53.9 Å². The molecule has 0 aliphatic heterocycles. The molecule has 2 atom stereocenters. The van der Waals surface area contributed by atoms with Gasteiger partial charge in [0.05, 0.1) is 5.60 Å². The number of rotatable bonds is 9. The molecule has 0 aromatic rings. The van der Waals surface area contributed by atoms with Gasteiger partial charge in [-0.05, 0) is 32.2 Å². The molecular weight excluding hydrogens is 186 g/mol. The zero-order chi connectivity index (χ0) is 11.7. The topological polar surface area (TPSA) is 21.3 Å². The summed E-state index contributed by atoms with van der Waals surface area (Å²) in [6.07, 6.45) is 3.58. The van der Waals surface area contributed by atoms with E-state index in [1.54, 1.807) is 0 Å². The van der Waals surface area contributed by atoms with Crippen molar-refractivity contribution in [1.29, 1.82) is 0 Å². The largest absolute Gasteiger partial charge is 0.374 e. The van der Waals surface area contributed by atoms with Crippen LogP contribution in [0, 0.1) is 5.92 Å². The molecule has 0 heterocycles. The Kier molecular flexibility index (Phi) is 8.07. The molecule has 0 spiro atoms. The first kappa shape index (κ1) is 14.9. The lowest BCUT2D eigenvalue weighted by Gasteiger charge is -2.30.